The molecule has 0 amide bonds. The Morgan fingerprint density at radius 2 is 2.22 bits per heavy atom. The van der Waals surface area contributed by atoms with Gasteiger partial charge in [0.25, 0.3) is 0 Å². The van der Waals surface area contributed by atoms with Gasteiger partial charge < -0.3 is 4.90 Å². The lowest BCUT2D eigenvalue weighted by atomic mass is 9.88. The maximum Gasteiger partial charge on any atom is 0.0543 e. The molecule has 1 saturated heterocycles. The molecule has 0 aliphatic carbocycles. The number of benzene rings is 1. The van der Waals surface area contributed by atoms with Crippen molar-refractivity contribution < 1.29 is 0 Å². The first-order chi connectivity index (χ1) is 11.3. The van der Waals surface area contributed by atoms with Crippen molar-refractivity contribution in [2.24, 2.45) is 0 Å². The van der Waals surface area contributed by atoms with E-state index in [0.717, 1.165) is 18.0 Å². The number of likely N-dealkylation sites (tertiary alicyclic amines) is 1. The minimum atomic E-state index is 0.737. The van der Waals surface area contributed by atoms with Gasteiger partial charge in [0.2, 0.25) is 0 Å². The highest BCUT2D eigenvalue weighted by molar-refractivity contribution is 7.99. The molecule has 3 aliphatic rings. The van der Waals surface area contributed by atoms with Crippen LogP contribution in [0, 0.1) is 0 Å². The quantitative estimate of drug-likeness (QED) is 0.787. The Balaban J connectivity index is 1.59. The van der Waals surface area contributed by atoms with Crippen LogP contribution in [-0.2, 0) is 0 Å². The third-order valence-corrected chi connectivity index (χ3v) is 7.26. The largest absolute Gasteiger partial charge is 0.367 e. The first kappa shape index (κ1) is 15.8. The molecule has 0 spiro atoms. The van der Waals surface area contributed by atoms with Crippen LogP contribution in [0.3, 0.4) is 0 Å². The molecule has 3 aliphatic heterocycles. The Morgan fingerprint density at radius 3 is 3.09 bits per heavy atom. The van der Waals surface area contributed by atoms with Crippen molar-refractivity contribution >= 4 is 17.4 Å². The summed E-state index contributed by atoms with van der Waals surface area (Å²) in [6, 6.07) is 8.58. The Morgan fingerprint density at radius 1 is 1.30 bits per heavy atom. The average Bonchev–Trinajstić information content (AvgIpc) is 2.75. The first-order valence-corrected chi connectivity index (χ1v) is 10.5. The molecule has 3 unspecified atom stereocenters. The predicted octanol–water partition coefficient (Wildman–Crippen LogP) is 4.74. The molecule has 3 heteroatoms. The van der Waals surface area contributed by atoms with E-state index in [1.165, 1.54) is 57.5 Å². The topological polar surface area (TPSA) is 6.48 Å². The lowest BCUT2D eigenvalue weighted by Gasteiger charge is -2.41. The summed E-state index contributed by atoms with van der Waals surface area (Å²) in [5, 5.41) is 0. The van der Waals surface area contributed by atoms with E-state index in [1.54, 1.807) is 16.1 Å². The lowest BCUT2D eigenvalue weighted by molar-refractivity contribution is 0.140. The van der Waals surface area contributed by atoms with Crippen LogP contribution in [0.1, 0.15) is 57.4 Å². The van der Waals surface area contributed by atoms with E-state index >= 15 is 0 Å². The molecule has 126 valence electrons. The van der Waals surface area contributed by atoms with Gasteiger partial charge in [-0.3, -0.25) is 4.90 Å². The number of fused-ring (bicyclic) bond motifs is 3. The Bertz CT molecular complexity index is 559. The fourth-order valence-corrected chi connectivity index (χ4v) is 5.89. The fourth-order valence-electron chi connectivity index (χ4n) is 4.85. The molecule has 0 aromatic heterocycles. The second kappa shape index (κ2) is 6.68. The van der Waals surface area contributed by atoms with E-state index in [-0.39, 0.29) is 0 Å². The van der Waals surface area contributed by atoms with E-state index < -0.39 is 0 Å². The highest BCUT2D eigenvalue weighted by Crippen LogP contribution is 2.50. The van der Waals surface area contributed by atoms with Gasteiger partial charge in [-0.15, -0.1) is 11.8 Å². The lowest BCUT2D eigenvalue weighted by Crippen LogP contribution is -2.49. The molecule has 0 saturated carbocycles. The zero-order chi connectivity index (χ0) is 15.8. The second-order valence-electron chi connectivity index (χ2n) is 7.54. The monoisotopic (exact) mass is 330 g/mol. The van der Waals surface area contributed by atoms with Gasteiger partial charge in [-0.1, -0.05) is 31.9 Å². The third-order valence-electron chi connectivity index (χ3n) is 6.12. The Labute approximate surface area is 145 Å². The Kier molecular flexibility index (Phi) is 4.60. The van der Waals surface area contributed by atoms with Crippen LogP contribution in [-0.4, -0.2) is 42.4 Å². The van der Waals surface area contributed by atoms with Gasteiger partial charge in [-0.05, 0) is 43.6 Å². The highest BCUT2D eigenvalue weighted by Gasteiger charge is 2.43. The Hall–Kier alpha value is -0.670. The third kappa shape index (κ3) is 2.80. The fraction of sp³-hybridized carbons (Fsp3) is 0.700. The summed E-state index contributed by atoms with van der Waals surface area (Å²) in [6.07, 6.45) is 6.73. The number of rotatable bonds is 4. The van der Waals surface area contributed by atoms with Crippen LogP contribution >= 0.6 is 11.8 Å². The van der Waals surface area contributed by atoms with Crippen molar-refractivity contribution in [1.82, 2.24) is 4.90 Å². The number of unbranched alkanes of at least 4 members (excludes halogenated alkanes) is 1. The summed E-state index contributed by atoms with van der Waals surface area (Å²) in [5.41, 5.74) is 3.25. The number of hydrogen-bond donors (Lipinski definition) is 0. The molecular formula is C20H30N2S. The van der Waals surface area contributed by atoms with Crippen molar-refractivity contribution in [2.75, 3.05) is 30.3 Å². The number of para-hydroxylation sites is 1. The highest BCUT2D eigenvalue weighted by atomic mass is 32.2. The maximum atomic E-state index is 2.78. The maximum absolute atomic E-state index is 2.78. The van der Waals surface area contributed by atoms with Crippen molar-refractivity contribution in [3.63, 3.8) is 0 Å². The van der Waals surface area contributed by atoms with Crippen molar-refractivity contribution in [3.05, 3.63) is 23.8 Å². The SMILES string of the molecule is CCCCC(C)N1CCC2C(C1)c1cccc3c1N2CCCS3. The molecule has 1 fully saturated rings. The van der Waals surface area contributed by atoms with Gasteiger partial charge in [-0.25, -0.2) is 0 Å². The summed E-state index contributed by atoms with van der Waals surface area (Å²) >= 11 is 2.08. The van der Waals surface area contributed by atoms with Crippen LogP contribution < -0.4 is 4.90 Å². The van der Waals surface area contributed by atoms with Crippen LogP contribution in [0.4, 0.5) is 5.69 Å². The molecule has 1 aromatic carbocycles. The standard InChI is InChI=1S/C20H30N2S/c1-3-4-7-15(2)21-12-10-18-17(14-21)16-8-5-9-19-20(16)22(18)11-6-13-23-19/h5,8-9,15,17-18H,3-4,6-7,10-14H2,1-2H3. The van der Waals surface area contributed by atoms with Gasteiger partial charge in [-0.2, -0.15) is 0 Å². The molecule has 1 aromatic rings. The number of thioether (sulfide) groups is 1. The van der Waals surface area contributed by atoms with Gasteiger partial charge in [0.1, 0.15) is 0 Å². The minimum Gasteiger partial charge on any atom is -0.367 e. The summed E-state index contributed by atoms with van der Waals surface area (Å²) in [5.74, 6) is 2.02. The van der Waals surface area contributed by atoms with Gasteiger partial charge in [0, 0.05) is 42.5 Å². The summed E-state index contributed by atoms with van der Waals surface area (Å²) in [4.78, 5) is 7.10. The molecule has 0 bridgehead atoms. The van der Waals surface area contributed by atoms with E-state index in [9.17, 15) is 0 Å². The van der Waals surface area contributed by atoms with Crippen LogP contribution in [0.15, 0.2) is 23.1 Å². The minimum absolute atomic E-state index is 0.737. The van der Waals surface area contributed by atoms with Crippen molar-refractivity contribution in [3.8, 4) is 0 Å². The summed E-state index contributed by atoms with van der Waals surface area (Å²) in [7, 11) is 0. The molecular weight excluding hydrogens is 300 g/mol. The average molecular weight is 331 g/mol. The molecule has 3 heterocycles. The molecule has 0 radical (unpaired) electrons. The van der Waals surface area contributed by atoms with Crippen molar-refractivity contribution in [2.45, 2.75) is 68.8 Å². The zero-order valence-electron chi connectivity index (χ0n) is 14.6. The number of hydrogen-bond acceptors (Lipinski definition) is 3. The summed E-state index contributed by atoms with van der Waals surface area (Å²) < 4.78 is 0. The van der Waals surface area contributed by atoms with Crippen molar-refractivity contribution in [1.29, 1.82) is 0 Å². The summed E-state index contributed by atoms with van der Waals surface area (Å²) in [6.45, 7) is 8.58. The number of piperidine rings is 1. The smallest absolute Gasteiger partial charge is 0.0543 e. The van der Waals surface area contributed by atoms with E-state index in [0.29, 0.717) is 0 Å². The van der Waals surface area contributed by atoms with E-state index in [1.807, 2.05) is 0 Å². The molecule has 2 nitrogen and oxygen atoms in total. The number of anilines is 1. The second-order valence-corrected chi connectivity index (χ2v) is 8.67. The number of nitrogens with zero attached hydrogens (tertiary/aromatic N) is 2. The van der Waals surface area contributed by atoms with Crippen LogP contribution in [0.25, 0.3) is 0 Å². The van der Waals surface area contributed by atoms with Gasteiger partial charge >= 0.3 is 0 Å². The molecule has 3 atom stereocenters. The zero-order valence-corrected chi connectivity index (χ0v) is 15.4. The van der Waals surface area contributed by atoms with Crippen LogP contribution in [0.2, 0.25) is 0 Å². The van der Waals surface area contributed by atoms with Crippen LogP contribution in [0.5, 0.6) is 0 Å². The predicted molar refractivity (Wildman–Crippen MR) is 101 cm³/mol. The molecule has 23 heavy (non-hydrogen) atoms. The molecule has 0 N–H and O–H groups in total. The van der Waals surface area contributed by atoms with Gasteiger partial charge in [0.15, 0.2) is 0 Å². The van der Waals surface area contributed by atoms with E-state index in [2.05, 4.69) is 53.6 Å². The first-order valence-electron chi connectivity index (χ1n) is 9.56. The van der Waals surface area contributed by atoms with E-state index in [4.69, 9.17) is 0 Å². The normalized spacial score (nSPS) is 28.2. The molecule has 4 rings (SSSR count). The van der Waals surface area contributed by atoms with Gasteiger partial charge in [0.05, 0.1) is 5.69 Å².